The van der Waals surface area contributed by atoms with E-state index < -0.39 is 34.7 Å². The number of hydrogen-bond acceptors (Lipinski definition) is 5. The zero-order chi connectivity index (χ0) is 15.2. The summed E-state index contributed by atoms with van der Waals surface area (Å²) < 4.78 is 31.1. The van der Waals surface area contributed by atoms with Crippen LogP contribution in [0.4, 0.5) is 4.79 Å². The Morgan fingerprint density at radius 3 is 2.40 bits per heavy atom. The molecule has 0 heterocycles. The van der Waals surface area contributed by atoms with Crippen molar-refractivity contribution in [3.8, 4) is 0 Å². The number of carbonyl (C=O) groups excluding carboxylic acids is 1. The number of nitrogens with one attached hydrogen (secondary N) is 2. The van der Waals surface area contributed by atoms with Crippen LogP contribution < -0.4 is 9.44 Å². The number of amides is 1. The van der Waals surface area contributed by atoms with E-state index in [0.717, 1.165) is 7.11 Å². The molecular weight excluding hydrogens is 288 g/mol. The average molecular weight is 302 g/mol. The SMILES string of the molecule is COC(=O)NS(=O)(=O)NC(CC(=O)O)c1ccccc1. The van der Waals surface area contributed by atoms with Gasteiger partial charge in [-0.05, 0) is 5.56 Å². The van der Waals surface area contributed by atoms with Crippen LogP contribution in [0.3, 0.4) is 0 Å². The predicted molar refractivity (Wildman–Crippen MR) is 69.0 cm³/mol. The van der Waals surface area contributed by atoms with Gasteiger partial charge in [0, 0.05) is 0 Å². The maximum atomic E-state index is 11.6. The number of carboxylic acid groups (broad SMARTS) is 1. The Bertz CT molecular complexity index is 572. The topological polar surface area (TPSA) is 122 Å². The molecule has 1 aromatic carbocycles. The summed E-state index contributed by atoms with van der Waals surface area (Å²) in [4.78, 5) is 21.7. The second-order valence-electron chi connectivity index (χ2n) is 3.78. The molecule has 1 aromatic rings. The Kier molecular flexibility index (Phi) is 5.47. The highest BCUT2D eigenvalue weighted by molar-refractivity contribution is 7.88. The van der Waals surface area contributed by atoms with Crippen LogP contribution >= 0.6 is 0 Å². The van der Waals surface area contributed by atoms with Crippen molar-refractivity contribution in [2.24, 2.45) is 0 Å². The summed E-state index contributed by atoms with van der Waals surface area (Å²) >= 11 is 0. The minimum atomic E-state index is -4.22. The van der Waals surface area contributed by atoms with Crippen LogP contribution in [0.15, 0.2) is 30.3 Å². The molecule has 3 N–H and O–H groups in total. The fraction of sp³-hybridized carbons (Fsp3) is 0.273. The van der Waals surface area contributed by atoms with E-state index in [0.29, 0.717) is 5.56 Å². The summed E-state index contributed by atoms with van der Waals surface area (Å²) in [5.74, 6) is -1.18. The Balaban J connectivity index is 2.91. The number of hydrogen-bond donors (Lipinski definition) is 3. The molecule has 0 aliphatic heterocycles. The molecule has 0 saturated heterocycles. The molecule has 0 aliphatic carbocycles. The lowest BCUT2D eigenvalue weighted by atomic mass is 10.1. The molecule has 1 amide bonds. The van der Waals surface area contributed by atoms with Crippen molar-refractivity contribution in [1.82, 2.24) is 9.44 Å². The number of rotatable bonds is 6. The van der Waals surface area contributed by atoms with Crippen LogP contribution in [0.25, 0.3) is 0 Å². The molecule has 110 valence electrons. The number of carbonyl (C=O) groups is 2. The fourth-order valence-electron chi connectivity index (χ4n) is 1.46. The van der Waals surface area contributed by atoms with Crippen LogP contribution in [-0.2, 0) is 19.7 Å². The molecule has 0 aliphatic rings. The quantitative estimate of drug-likeness (QED) is 0.699. The number of benzene rings is 1. The van der Waals surface area contributed by atoms with Crippen molar-refractivity contribution in [2.45, 2.75) is 12.5 Å². The molecule has 0 saturated carbocycles. The monoisotopic (exact) mass is 302 g/mol. The first kappa shape index (κ1) is 15.9. The van der Waals surface area contributed by atoms with E-state index in [1.165, 1.54) is 0 Å². The molecular formula is C11H14N2O6S. The van der Waals surface area contributed by atoms with E-state index in [-0.39, 0.29) is 0 Å². The maximum absolute atomic E-state index is 11.6. The van der Waals surface area contributed by atoms with Crippen LogP contribution in [-0.4, -0.2) is 32.7 Å². The summed E-state index contributed by atoms with van der Waals surface area (Å²) in [7, 11) is -3.21. The third kappa shape index (κ3) is 5.24. The average Bonchev–Trinajstić information content (AvgIpc) is 2.37. The summed E-state index contributed by atoms with van der Waals surface area (Å²) in [5.41, 5.74) is 0.463. The molecule has 0 radical (unpaired) electrons. The molecule has 1 unspecified atom stereocenters. The minimum Gasteiger partial charge on any atom is -0.481 e. The van der Waals surface area contributed by atoms with Crippen molar-refractivity contribution >= 4 is 22.3 Å². The summed E-state index contributed by atoms with van der Waals surface area (Å²) in [6, 6.07) is 7.15. The molecule has 20 heavy (non-hydrogen) atoms. The van der Waals surface area contributed by atoms with Crippen LogP contribution in [0.1, 0.15) is 18.0 Å². The maximum Gasteiger partial charge on any atom is 0.421 e. The third-order valence-corrected chi connectivity index (χ3v) is 3.31. The van der Waals surface area contributed by atoms with Crippen molar-refractivity contribution in [1.29, 1.82) is 0 Å². The largest absolute Gasteiger partial charge is 0.481 e. The van der Waals surface area contributed by atoms with Gasteiger partial charge in [-0.3, -0.25) is 4.79 Å². The lowest BCUT2D eigenvalue weighted by molar-refractivity contribution is -0.137. The lowest BCUT2D eigenvalue weighted by Gasteiger charge is -2.17. The second kappa shape index (κ2) is 6.87. The highest BCUT2D eigenvalue weighted by atomic mass is 32.2. The molecule has 0 bridgehead atoms. The van der Waals surface area contributed by atoms with E-state index in [4.69, 9.17) is 5.11 Å². The van der Waals surface area contributed by atoms with Crippen molar-refractivity contribution in [3.63, 3.8) is 0 Å². The van der Waals surface area contributed by atoms with E-state index in [1.807, 2.05) is 0 Å². The molecule has 8 nitrogen and oxygen atoms in total. The van der Waals surface area contributed by atoms with Crippen molar-refractivity contribution in [3.05, 3.63) is 35.9 Å². The summed E-state index contributed by atoms with van der Waals surface area (Å²) in [6.45, 7) is 0. The van der Waals surface area contributed by atoms with Gasteiger partial charge in [0.1, 0.15) is 0 Å². The Labute approximate surface area is 115 Å². The molecule has 1 rings (SSSR count). The first-order valence-electron chi connectivity index (χ1n) is 5.49. The number of ether oxygens (including phenoxy) is 1. The van der Waals surface area contributed by atoms with Crippen LogP contribution in [0.5, 0.6) is 0 Å². The standard InChI is InChI=1S/C11H14N2O6S/c1-19-11(16)13-20(17,18)12-9(7-10(14)15)8-5-3-2-4-6-8/h2-6,9,12H,7H2,1H3,(H,13,16)(H,14,15). The third-order valence-electron chi connectivity index (χ3n) is 2.28. The van der Waals surface area contributed by atoms with Gasteiger partial charge in [-0.1, -0.05) is 30.3 Å². The molecule has 0 aromatic heterocycles. The van der Waals surface area contributed by atoms with Crippen LogP contribution in [0, 0.1) is 0 Å². The van der Waals surface area contributed by atoms with Gasteiger partial charge in [0.15, 0.2) is 0 Å². The molecule has 9 heteroatoms. The van der Waals surface area contributed by atoms with Gasteiger partial charge in [-0.2, -0.15) is 13.1 Å². The van der Waals surface area contributed by atoms with E-state index in [1.54, 1.807) is 35.1 Å². The van der Waals surface area contributed by atoms with Gasteiger partial charge < -0.3 is 9.84 Å². The van der Waals surface area contributed by atoms with Crippen LogP contribution in [0.2, 0.25) is 0 Å². The highest BCUT2D eigenvalue weighted by Crippen LogP contribution is 2.17. The Hall–Kier alpha value is -2.13. The summed E-state index contributed by atoms with van der Waals surface area (Å²) in [6.07, 6.45) is -1.63. The van der Waals surface area contributed by atoms with Crippen molar-refractivity contribution in [2.75, 3.05) is 7.11 Å². The zero-order valence-electron chi connectivity index (χ0n) is 10.6. The Morgan fingerprint density at radius 1 is 1.30 bits per heavy atom. The van der Waals surface area contributed by atoms with Gasteiger partial charge in [0.25, 0.3) is 0 Å². The van der Waals surface area contributed by atoms with Gasteiger partial charge in [-0.15, -0.1) is 0 Å². The van der Waals surface area contributed by atoms with Gasteiger partial charge in [0.2, 0.25) is 0 Å². The van der Waals surface area contributed by atoms with E-state index in [2.05, 4.69) is 9.46 Å². The second-order valence-corrected chi connectivity index (χ2v) is 5.22. The molecule has 0 spiro atoms. The highest BCUT2D eigenvalue weighted by Gasteiger charge is 2.23. The minimum absolute atomic E-state index is 0.463. The first-order chi connectivity index (χ1) is 9.34. The summed E-state index contributed by atoms with van der Waals surface area (Å²) in [5, 5.41) is 8.82. The van der Waals surface area contributed by atoms with Gasteiger partial charge >= 0.3 is 22.3 Å². The predicted octanol–water partition coefficient (Wildman–Crippen LogP) is 0.393. The fourth-order valence-corrected chi connectivity index (χ4v) is 2.41. The number of methoxy groups -OCH3 is 1. The van der Waals surface area contributed by atoms with E-state index >= 15 is 0 Å². The van der Waals surface area contributed by atoms with Gasteiger partial charge in [0.05, 0.1) is 19.6 Å². The Morgan fingerprint density at radius 2 is 1.90 bits per heavy atom. The molecule has 1 atom stereocenters. The first-order valence-corrected chi connectivity index (χ1v) is 6.97. The normalized spacial score (nSPS) is 12.4. The number of aliphatic carboxylic acids is 1. The molecule has 0 fully saturated rings. The lowest BCUT2D eigenvalue weighted by Crippen LogP contribution is -2.42. The smallest absolute Gasteiger partial charge is 0.421 e. The van der Waals surface area contributed by atoms with Crippen molar-refractivity contribution < 1.29 is 27.9 Å². The van der Waals surface area contributed by atoms with Gasteiger partial charge in [-0.25, -0.2) is 9.52 Å². The zero-order valence-corrected chi connectivity index (χ0v) is 11.4. The van der Waals surface area contributed by atoms with E-state index in [9.17, 15) is 18.0 Å². The number of carboxylic acids is 1.